The molecular formula is C14H22N4O3. The second-order valence-corrected chi connectivity index (χ2v) is 5.59. The van der Waals surface area contributed by atoms with Gasteiger partial charge in [0.25, 0.3) is 0 Å². The molecule has 1 amide bonds. The van der Waals surface area contributed by atoms with Crippen LogP contribution >= 0.6 is 0 Å². The normalized spacial score (nSPS) is 24.0. The summed E-state index contributed by atoms with van der Waals surface area (Å²) in [7, 11) is 0. The van der Waals surface area contributed by atoms with E-state index in [1.807, 2.05) is 0 Å². The number of H-pyrrole nitrogens is 1. The minimum absolute atomic E-state index is 0.184. The van der Waals surface area contributed by atoms with Gasteiger partial charge in [0.05, 0.1) is 12.2 Å². The quantitative estimate of drug-likeness (QED) is 0.587. The van der Waals surface area contributed by atoms with Crippen LogP contribution in [0.4, 0.5) is 0 Å². The van der Waals surface area contributed by atoms with E-state index in [1.165, 1.54) is 6.33 Å². The number of aliphatic carboxylic acids is 1. The summed E-state index contributed by atoms with van der Waals surface area (Å²) in [5.74, 6) is -1.60. The molecule has 0 aliphatic heterocycles. The van der Waals surface area contributed by atoms with Crippen LogP contribution in [0, 0.1) is 5.92 Å². The maximum atomic E-state index is 12.3. The molecule has 1 aliphatic rings. The van der Waals surface area contributed by atoms with Crippen molar-refractivity contribution in [3.05, 3.63) is 18.2 Å². The van der Waals surface area contributed by atoms with E-state index < -0.39 is 12.0 Å². The van der Waals surface area contributed by atoms with Gasteiger partial charge in [0.15, 0.2) is 0 Å². The van der Waals surface area contributed by atoms with Gasteiger partial charge in [-0.15, -0.1) is 0 Å². The summed E-state index contributed by atoms with van der Waals surface area (Å²) in [4.78, 5) is 30.3. The molecule has 0 bridgehead atoms. The molecule has 7 nitrogen and oxygen atoms in total. The lowest BCUT2D eigenvalue weighted by Gasteiger charge is -2.23. The number of nitrogens with zero attached hydrogens (tertiary/aromatic N) is 1. The molecule has 2 rings (SSSR count). The van der Waals surface area contributed by atoms with Crippen LogP contribution in [-0.2, 0) is 16.0 Å². The average Bonchev–Trinajstić information content (AvgIpc) is 2.85. The molecule has 3 atom stereocenters. The molecule has 5 N–H and O–H groups in total. The summed E-state index contributed by atoms with van der Waals surface area (Å²) in [6.45, 7) is 0. The number of aromatic amines is 1. The highest BCUT2D eigenvalue weighted by Gasteiger charge is 2.30. The summed E-state index contributed by atoms with van der Waals surface area (Å²) < 4.78 is 0. The van der Waals surface area contributed by atoms with E-state index in [-0.39, 0.29) is 24.3 Å². The Bertz CT molecular complexity index is 475. The largest absolute Gasteiger partial charge is 0.480 e. The van der Waals surface area contributed by atoms with Crippen molar-refractivity contribution in [1.82, 2.24) is 15.3 Å². The lowest BCUT2D eigenvalue weighted by atomic mass is 9.94. The molecule has 1 fully saturated rings. The molecule has 21 heavy (non-hydrogen) atoms. The summed E-state index contributed by atoms with van der Waals surface area (Å²) in [6.07, 6.45) is 7.83. The van der Waals surface area contributed by atoms with Crippen LogP contribution in [0.5, 0.6) is 0 Å². The van der Waals surface area contributed by atoms with Crippen molar-refractivity contribution in [2.24, 2.45) is 11.7 Å². The number of aromatic nitrogens is 2. The summed E-state index contributed by atoms with van der Waals surface area (Å²) in [5, 5.41) is 11.9. The van der Waals surface area contributed by atoms with E-state index in [9.17, 15) is 14.7 Å². The predicted molar refractivity (Wildman–Crippen MR) is 76.4 cm³/mol. The first-order chi connectivity index (χ1) is 10.1. The molecule has 0 radical (unpaired) electrons. The highest BCUT2D eigenvalue weighted by Crippen LogP contribution is 2.22. The fraction of sp³-hybridized carbons (Fsp3) is 0.643. The average molecular weight is 294 g/mol. The van der Waals surface area contributed by atoms with Crippen molar-refractivity contribution < 1.29 is 14.7 Å². The molecule has 1 aliphatic carbocycles. The SMILES string of the molecule is NC1CCCCCC1C(=O)NC(Cc1cnc[nH]1)C(=O)O. The second kappa shape index (κ2) is 7.21. The standard InChI is InChI=1S/C14H22N4O3/c15-11-5-3-1-2-4-10(11)13(19)18-12(14(20)21)6-9-7-16-8-17-9/h7-8,10-12H,1-6,15H2,(H,16,17)(H,18,19)(H,20,21). The Morgan fingerprint density at radius 3 is 2.86 bits per heavy atom. The first-order valence-corrected chi connectivity index (χ1v) is 7.34. The van der Waals surface area contributed by atoms with Crippen LogP contribution in [0.1, 0.15) is 37.8 Å². The molecule has 3 unspecified atom stereocenters. The number of rotatable bonds is 5. The molecule has 0 spiro atoms. The molecule has 7 heteroatoms. The van der Waals surface area contributed by atoms with Gasteiger partial charge in [-0.25, -0.2) is 9.78 Å². The topological polar surface area (TPSA) is 121 Å². The molecule has 0 saturated heterocycles. The summed E-state index contributed by atoms with van der Waals surface area (Å²) in [5.41, 5.74) is 6.72. The van der Waals surface area contributed by atoms with Crippen LogP contribution in [0.15, 0.2) is 12.5 Å². The number of imidazole rings is 1. The molecule has 1 aromatic heterocycles. The van der Waals surface area contributed by atoms with Gasteiger partial charge in [-0.2, -0.15) is 0 Å². The van der Waals surface area contributed by atoms with E-state index >= 15 is 0 Å². The lowest BCUT2D eigenvalue weighted by molar-refractivity contribution is -0.142. The first kappa shape index (κ1) is 15.5. The first-order valence-electron chi connectivity index (χ1n) is 7.34. The fourth-order valence-electron chi connectivity index (χ4n) is 2.76. The maximum absolute atomic E-state index is 12.3. The third-order valence-electron chi connectivity index (χ3n) is 4.00. The van der Waals surface area contributed by atoms with Crippen LogP contribution in [0.2, 0.25) is 0 Å². The number of carboxylic acids is 1. The number of carbonyl (C=O) groups is 2. The fourth-order valence-corrected chi connectivity index (χ4v) is 2.76. The Morgan fingerprint density at radius 1 is 1.43 bits per heavy atom. The van der Waals surface area contributed by atoms with Crippen LogP contribution in [-0.4, -0.2) is 39.0 Å². The van der Waals surface area contributed by atoms with E-state index in [2.05, 4.69) is 15.3 Å². The Labute approximate surface area is 123 Å². The van der Waals surface area contributed by atoms with Crippen LogP contribution < -0.4 is 11.1 Å². The summed E-state index contributed by atoms with van der Waals surface area (Å²) >= 11 is 0. The predicted octanol–water partition coefficient (Wildman–Crippen LogP) is 0.429. The number of hydrogen-bond acceptors (Lipinski definition) is 4. The van der Waals surface area contributed by atoms with E-state index in [0.29, 0.717) is 5.69 Å². The molecule has 116 valence electrons. The van der Waals surface area contributed by atoms with Gasteiger partial charge in [-0.05, 0) is 12.8 Å². The minimum atomic E-state index is -1.06. The van der Waals surface area contributed by atoms with Gasteiger partial charge in [0.1, 0.15) is 6.04 Å². The smallest absolute Gasteiger partial charge is 0.326 e. The van der Waals surface area contributed by atoms with Crippen molar-refractivity contribution in [1.29, 1.82) is 0 Å². The van der Waals surface area contributed by atoms with Crippen molar-refractivity contribution >= 4 is 11.9 Å². The van der Waals surface area contributed by atoms with E-state index in [0.717, 1.165) is 32.1 Å². The highest BCUT2D eigenvalue weighted by molar-refractivity contribution is 5.85. The Kier molecular flexibility index (Phi) is 5.32. The monoisotopic (exact) mass is 294 g/mol. The van der Waals surface area contributed by atoms with Crippen LogP contribution in [0.3, 0.4) is 0 Å². The lowest BCUT2D eigenvalue weighted by Crippen LogP contribution is -2.48. The Hall–Kier alpha value is -1.89. The number of carboxylic acid groups (broad SMARTS) is 1. The van der Waals surface area contributed by atoms with Crippen molar-refractivity contribution in [2.75, 3.05) is 0 Å². The third kappa shape index (κ3) is 4.29. The van der Waals surface area contributed by atoms with Gasteiger partial charge in [-0.1, -0.05) is 19.3 Å². The molecule has 0 aromatic carbocycles. The zero-order valence-electron chi connectivity index (χ0n) is 11.9. The number of hydrogen-bond donors (Lipinski definition) is 4. The van der Waals surface area contributed by atoms with Gasteiger partial charge in [0, 0.05) is 24.4 Å². The second-order valence-electron chi connectivity index (χ2n) is 5.59. The van der Waals surface area contributed by atoms with E-state index in [4.69, 9.17) is 5.73 Å². The van der Waals surface area contributed by atoms with Crippen molar-refractivity contribution in [2.45, 2.75) is 50.6 Å². The van der Waals surface area contributed by atoms with Gasteiger partial charge < -0.3 is 21.1 Å². The molecule has 1 heterocycles. The van der Waals surface area contributed by atoms with Crippen molar-refractivity contribution in [3.8, 4) is 0 Å². The zero-order chi connectivity index (χ0) is 15.2. The Balaban J connectivity index is 1.98. The minimum Gasteiger partial charge on any atom is -0.480 e. The van der Waals surface area contributed by atoms with Gasteiger partial charge >= 0.3 is 5.97 Å². The number of amides is 1. The number of carbonyl (C=O) groups excluding carboxylic acids is 1. The van der Waals surface area contributed by atoms with Gasteiger partial charge in [0.2, 0.25) is 5.91 Å². The molecular weight excluding hydrogens is 272 g/mol. The zero-order valence-corrected chi connectivity index (χ0v) is 11.9. The highest BCUT2D eigenvalue weighted by atomic mass is 16.4. The number of nitrogens with one attached hydrogen (secondary N) is 2. The maximum Gasteiger partial charge on any atom is 0.326 e. The Morgan fingerprint density at radius 2 is 2.19 bits per heavy atom. The number of nitrogens with two attached hydrogens (primary N) is 1. The third-order valence-corrected chi connectivity index (χ3v) is 4.00. The van der Waals surface area contributed by atoms with Crippen LogP contribution in [0.25, 0.3) is 0 Å². The summed E-state index contributed by atoms with van der Waals surface area (Å²) in [6, 6.07) is -1.15. The van der Waals surface area contributed by atoms with E-state index in [1.54, 1.807) is 6.20 Å². The molecule has 1 aromatic rings. The van der Waals surface area contributed by atoms with Gasteiger partial charge in [-0.3, -0.25) is 4.79 Å². The molecule has 1 saturated carbocycles. The van der Waals surface area contributed by atoms with Crippen molar-refractivity contribution in [3.63, 3.8) is 0 Å².